The van der Waals surface area contributed by atoms with Crippen LogP contribution in [0.3, 0.4) is 0 Å². The lowest BCUT2D eigenvalue weighted by molar-refractivity contribution is -0.123. The maximum Gasteiger partial charge on any atom is 0.241 e. The van der Waals surface area contributed by atoms with Crippen molar-refractivity contribution >= 4 is 5.91 Å². The predicted octanol–water partition coefficient (Wildman–Crippen LogP) is 3.47. The summed E-state index contributed by atoms with van der Waals surface area (Å²) in [5, 5.41) is 3.13. The summed E-state index contributed by atoms with van der Waals surface area (Å²) >= 11 is 0. The zero-order valence-corrected chi connectivity index (χ0v) is 13.3. The van der Waals surface area contributed by atoms with Crippen LogP contribution >= 0.6 is 0 Å². The number of nitrogens with two attached hydrogens (primary N) is 1. The van der Waals surface area contributed by atoms with E-state index in [1.807, 2.05) is 31.2 Å². The van der Waals surface area contributed by atoms with Gasteiger partial charge in [-0.2, -0.15) is 0 Å². The Hall–Kier alpha value is -1.35. The van der Waals surface area contributed by atoms with Gasteiger partial charge in [-0.3, -0.25) is 4.79 Å². The van der Waals surface area contributed by atoms with Crippen molar-refractivity contribution in [3.05, 3.63) is 35.4 Å². The van der Waals surface area contributed by atoms with Gasteiger partial charge in [0, 0.05) is 6.04 Å². The van der Waals surface area contributed by atoms with Crippen LogP contribution in [0.2, 0.25) is 0 Å². The number of carbonyl (C=O) groups is 1. The molecular weight excluding hydrogens is 260 g/mol. The second-order valence-corrected chi connectivity index (χ2v) is 6.44. The van der Waals surface area contributed by atoms with E-state index in [1.54, 1.807) is 0 Å². The van der Waals surface area contributed by atoms with Crippen molar-refractivity contribution in [3.8, 4) is 0 Å². The second-order valence-electron chi connectivity index (χ2n) is 6.44. The summed E-state index contributed by atoms with van der Waals surface area (Å²) in [6.07, 6.45) is 7.69. The second kappa shape index (κ2) is 7.60. The summed E-state index contributed by atoms with van der Waals surface area (Å²) in [7, 11) is 0. The Morgan fingerprint density at radius 1 is 1.14 bits per heavy atom. The molecule has 0 aliphatic heterocycles. The van der Waals surface area contributed by atoms with Crippen molar-refractivity contribution in [2.24, 2.45) is 11.7 Å². The molecule has 2 rings (SSSR count). The van der Waals surface area contributed by atoms with E-state index in [1.165, 1.54) is 44.1 Å². The molecule has 3 N–H and O–H groups in total. The van der Waals surface area contributed by atoms with Crippen LogP contribution < -0.4 is 11.1 Å². The molecule has 1 saturated carbocycles. The number of carbonyl (C=O) groups excluding carboxylic acids is 1. The smallest absolute Gasteiger partial charge is 0.241 e. The first kappa shape index (κ1) is 16.0. The van der Waals surface area contributed by atoms with Gasteiger partial charge in [0.2, 0.25) is 5.91 Å². The third-order valence-electron chi connectivity index (χ3n) is 4.70. The topological polar surface area (TPSA) is 55.1 Å². The first-order valence-corrected chi connectivity index (χ1v) is 8.20. The lowest BCUT2D eigenvalue weighted by Crippen LogP contribution is -2.42. The molecule has 0 radical (unpaired) electrons. The minimum Gasteiger partial charge on any atom is -0.352 e. The summed E-state index contributed by atoms with van der Waals surface area (Å²) in [5.74, 6) is 0.539. The molecule has 1 aliphatic rings. The Bertz CT molecular complexity index is 447. The molecule has 1 aliphatic carbocycles. The largest absolute Gasteiger partial charge is 0.352 e. The Labute approximate surface area is 128 Å². The summed E-state index contributed by atoms with van der Waals surface area (Å²) in [4.78, 5) is 12.3. The van der Waals surface area contributed by atoms with E-state index >= 15 is 0 Å². The molecule has 1 amide bonds. The van der Waals surface area contributed by atoms with Crippen LogP contribution in [-0.4, -0.2) is 11.9 Å². The van der Waals surface area contributed by atoms with Gasteiger partial charge in [-0.05, 0) is 38.2 Å². The van der Waals surface area contributed by atoms with E-state index in [9.17, 15) is 4.79 Å². The minimum atomic E-state index is -0.571. The van der Waals surface area contributed by atoms with E-state index in [0.717, 1.165) is 5.56 Å². The van der Waals surface area contributed by atoms with Crippen LogP contribution in [0.15, 0.2) is 24.3 Å². The van der Waals surface area contributed by atoms with Crippen molar-refractivity contribution < 1.29 is 4.79 Å². The number of rotatable bonds is 4. The zero-order valence-electron chi connectivity index (χ0n) is 13.3. The van der Waals surface area contributed by atoms with Crippen molar-refractivity contribution in [1.29, 1.82) is 0 Å². The number of hydrogen-bond acceptors (Lipinski definition) is 2. The number of aryl methyl sites for hydroxylation is 1. The third kappa shape index (κ3) is 4.57. The fraction of sp³-hybridized carbons (Fsp3) is 0.611. The first-order chi connectivity index (χ1) is 10.1. The summed E-state index contributed by atoms with van der Waals surface area (Å²) in [6, 6.07) is 7.52. The molecule has 0 bridgehead atoms. The summed E-state index contributed by atoms with van der Waals surface area (Å²) in [6.45, 7) is 4.15. The Balaban J connectivity index is 1.91. The monoisotopic (exact) mass is 288 g/mol. The van der Waals surface area contributed by atoms with Gasteiger partial charge in [0.15, 0.2) is 0 Å². The van der Waals surface area contributed by atoms with E-state index in [0.29, 0.717) is 5.92 Å². The molecule has 0 saturated heterocycles. The van der Waals surface area contributed by atoms with Gasteiger partial charge in [-0.1, -0.05) is 55.5 Å². The van der Waals surface area contributed by atoms with Gasteiger partial charge < -0.3 is 11.1 Å². The van der Waals surface area contributed by atoms with Crippen LogP contribution in [0.1, 0.15) is 62.6 Å². The first-order valence-electron chi connectivity index (χ1n) is 8.20. The zero-order chi connectivity index (χ0) is 15.2. The molecule has 21 heavy (non-hydrogen) atoms. The Morgan fingerprint density at radius 2 is 1.71 bits per heavy atom. The van der Waals surface area contributed by atoms with Gasteiger partial charge >= 0.3 is 0 Å². The van der Waals surface area contributed by atoms with Gasteiger partial charge in [-0.15, -0.1) is 0 Å². The SMILES string of the molecule is Cc1ccc(C(N)C(=O)N[C@H](C)C2CCCCCC2)cc1. The van der Waals surface area contributed by atoms with E-state index in [-0.39, 0.29) is 11.9 Å². The molecule has 3 heteroatoms. The normalized spacial score (nSPS) is 19.6. The highest BCUT2D eigenvalue weighted by Crippen LogP contribution is 2.25. The Morgan fingerprint density at radius 3 is 2.29 bits per heavy atom. The molecule has 1 unspecified atom stereocenters. The summed E-state index contributed by atoms with van der Waals surface area (Å²) in [5.41, 5.74) is 8.14. The average molecular weight is 288 g/mol. The third-order valence-corrected chi connectivity index (χ3v) is 4.70. The van der Waals surface area contributed by atoms with Crippen LogP contribution in [0.5, 0.6) is 0 Å². The van der Waals surface area contributed by atoms with Crippen molar-refractivity contribution in [2.45, 2.75) is 64.5 Å². The van der Waals surface area contributed by atoms with Crippen LogP contribution in [0, 0.1) is 12.8 Å². The molecule has 2 atom stereocenters. The van der Waals surface area contributed by atoms with E-state index in [2.05, 4.69) is 12.2 Å². The maximum atomic E-state index is 12.3. The van der Waals surface area contributed by atoms with Gasteiger partial charge in [-0.25, -0.2) is 0 Å². The quantitative estimate of drug-likeness (QED) is 0.834. The van der Waals surface area contributed by atoms with Crippen molar-refractivity contribution in [1.82, 2.24) is 5.32 Å². The van der Waals surface area contributed by atoms with Gasteiger partial charge in [0.1, 0.15) is 6.04 Å². The predicted molar refractivity (Wildman–Crippen MR) is 86.9 cm³/mol. The van der Waals surface area contributed by atoms with Crippen molar-refractivity contribution in [2.75, 3.05) is 0 Å². The van der Waals surface area contributed by atoms with Crippen LogP contribution in [0.4, 0.5) is 0 Å². The van der Waals surface area contributed by atoms with Crippen LogP contribution in [-0.2, 0) is 4.79 Å². The molecular formula is C18H28N2O. The number of amides is 1. The summed E-state index contributed by atoms with van der Waals surface area (Å²) < 4.78 is 0. The lowest BCUT2D eigenvalue weighted by atomic mass is 9.92. The molecule has 1 fully saturated rings. The highest BCUT2D eigenvalue weighted by molar-refractivity contribution is 5.83. The molecule has 116 valence electrons. The van der Waals surface area contributed by atoms with E-state index in [4.69, 9.17) is 5.73 Å². The number of nitrogens with one attached hydrogen (secondary N) is 1. The van der Waals surface area contributed by atoms with E-state index < -0.39 is 6.04 Å². The van der Waals surface area contributed by atoms with Crippen LogP contribution in [0.25, 0.3) is 0 Å². The fourth-order valence-corrected chi connectivity index (χ4v) is 3.17. The molecule has 0 aromatic heterocycles. The molecule has 1 aromatic rings. The number of benzene rings is 1. The number of hydrogen-bond donors (Lipinski definition) is 2. The maximum absolute atomic E-state index is 12.3. The standard InChI is InChI=1S/C18H28N2O/c1-13-9-11-16(12-10-13)17(19)18(21)20-14(2)15-7-5-3-4-6-8-15/h9-12,14-15,17H,3-8,19H2,1-2H3,(H,20,21)/t14-,17?/m1/s1. The van der Waals surface area contributed by atoms with Crippen molar-refractivity contribution in [3.63, 3.8) is 0 Å². The highest BCUT2D eigenvalue weighted by atomic mass is 16.2. The highest BCUT2D eigenvalue weighted by Gasteiger charge is 2.23. The molecule has 0 heterocycles. The molecule has 3 nitrogen and oxygen atoms in total. The minimum absolute atomic E-state index is 0.0596. The van der Waals surface area contributed by atoms with Gasteiger partial charge in [0.25, 0.3) is 0 Å². The van der Waals surface area contributed by atoms with Gasteiger partial charge in [0.05, 0.1) is 0 Å². The molecule has 0 spiro atoms. The molecule has 1 aromatic carbocycles. The lowest BCUT2D eigenvalue weighted by Gasteiger charge is -2.25. The fourth-order valence-electron chi connectivity index (χ4n) is 3.17. The average Bonchev–Trinajstić information content (AvgIpc) is 2.76. The Kier molecular flexibility index (Phi) is 5.80.